The molecule has 1 radical (unpaired) electrons. The minimum atomic E-state index is -2.53. The van der Waals surface area contributed by atoms with Gasteiger partial charge in [0.25, 0.3) is 0 Å². The summed E-state index contributed by atoms with van der Waals surface area (Å²) < 4.78 is 361. The molecule has 66 heavy (non-hydrogen) atoms. The van der Waals surface area contributed by atoms with E-state index in [0.717, 1.165) is 0 Å². The second-order valence-corrected chi connectivity index (χ2v) is 11.4. The molecule has 30 heteroatoms. The van der Waals surface area contributed by atoms with E-state index >= 15 is 0 Å². The molecule has 0 aliphatic rings. The Hall–Kier alpha value is -6.31. The average Bonchev–Trinajstić information content (AvgIpc) is 3.28. The van der Waals surface area contributed by atoms with Crippen molar-refractivity contribution in [1.82, 2.24) is 0 Å². The molecule has 6 rings (SSSR count). The third-order valence-corrected chi connectivity index (χ3v) is 7.75. The van der Waals surface area contributed by atoms with E-state index in [-0.39, 0.29) is 22.9 Å². The molecule has 0 atom stereocenters. The molecule has 0 saturated heterocycles. The Balaban J connectivity index is 0.000000331. The Morgan fingerprint density at radius 3 is 0.470 bits per heavy atom. The van der Waals surface area contributed by atoms with Crippen LogP contribution >= 0.6 is 0 Å². The van der Waals surface area contributed by atoms with Crippen molar-refractivity contribution in [2.24, 2.45) is 0 Å². The molecule has 1 nitrogen and oxygen atoms in total. The van der Waals surface area contributed by atoms with Crippen molar-refractivity contribution in [3.8, 4) is 33.4 Å². The van der Waals surface area contributed by atoms with Crippen LogP contribution in [0.15, 0.2) is 18.2 Å². The Labute approximate surface area is 351 Å². The van der Waals surface area contributed by atoms with E-state index in [1.807, 2.05) is 0 Å². The molecule has 0 aliphatic heterocycles. The van der Waals surface area contributed by atoms with Gasteiger partial charge in [-0.1, -0.05) is 0 Å². The zero-order valence-electron chi connectivity index (χ0n) is 29.8. The fraction of sp³-hybridized carbons (Fsp3) is 0. The normalized spacial score (nSPS) is 10.6. The van der Waals surface area contributed by atoms with Crippen LogP contribution in [0.25, 0.3) is 33.4 Å². The molecule has 0 amide bonds. The van der Waals surface area contributed by atoms with Crippen molar-refractivity contribution in [3.05, 3.63) is 175 Å². The molecule has 353 valence electrons. The predicted molar refractivity (Wildman–Crippen MR) is 163 cm³/mol. The summed E-state index contributed by atoms with van der Waals surface area (Å²) in [5.41, 5.74) is -10.6. The number of hydrogen-bond donors (Lipinski definition) is 0. The molecule has 0 N–H and O–H groups in total. The third-order valence-electron chi connectivity index (χ3n) is 7.75. The van der Waals surface area contributed by atoms with E-state index in [2.05, 4.69) is 0 Å². The first-order valence-corrected chi connectivity index (χ1v) is 15.8. The maximum absolute atomic E-state index is 13.4. The first kappa shape index (κ1) is 55.8. The van der Waals surface area contributed by atoms with Crippen LogP contribution in [0.1, 0.15) is 0 Å². The minimum absolute atomic E-state index is 0. The number of halogens is 28. The van der Waals surface area contributed by atoms with Crippen LogP contribution in [0.2, 0.25) is 0 Å². The van der Waals surface area contributed by atoms with Gasteiger partial charge in [-0.25, -0.2) is 119 Å². The molecule has 0 saturated carbocycles. The van der Waals surface area contributed by atoms with Gasteiger partial charge in [0.2, 0.25) is 17.5 Å². The number of benzene rings is 6. The molecule has 0 spiro atoms. The van der Waals surface area contributed by atoms with Crippen LogP contribution in [-0.4, -0.2) is 16.2 Å². The molecule has 0 bridgehead atoms. The monoisotopic (exact) mass is 1010 g/mol. The van der Waals surface area contributed by atoms with Crippen LogP contribution in [0, 0.1) is 157 Å². The van der Waals surface area contributed by atoms with E-state index < -0.39 is 190 Å². The van der Waals surface area contributed by atoms with Crippen LogP contribution in [0.5, 0.6) is 0 Å². The summed E-state index contributed by atoms with van der Waals surface area (Å²) in [5, 5.41) is 0. The summed E-state index contributed by atoms with van der Waals surface area (Å²) >= 11 is 1.17. The van der Waals surface area contributed by atoms with Gasteiger partial charge in [-0.3, -0.25) is 4.70 Å². The van der Waals surface area contributed by atoms with E-state index in [4.69, 9.17) is 3.80 Å². The topological polar surface area (TPSA) is 17.1 Å². The Morgan fingerprint density at radius 2 is 0.318 bits per heavy atom. The van der Waals surface area contributed by atoms with E-state index in [1.165, 1.54) is 16.2 Å². The standard InChI is InChI=1S/3C12HF9.Al.FH.O/c3*13-3-1-2(5(14)9(18)6(3)15)4-7(16)10(19)12(21)11(20)8(4)17;;;/h3*1H;;1H;. The van der Waals surface area contributed by atoms with Gasteiger partial charge in [0, 0.05) is 16.7 Å². The van der Waals surface area contributed by atoms with Crippen LogP contribution < -0.4 is 0 Å². The molecule has 0 aromatic heterocycles. The summed E-state index contributed by atoms with van der Waals surface area (Å²) in [7, 11) is 0. The van der Waals surface area contributed by atoms with Gasteiger partial charge in [-0.2, -0.15) is 0 Å². The SMILES string of the molecule is F.Fc1cc(-c2c(F)c(F)c(F)c(F)c2F)c(F)c(F)c1F.Fc1cc(-c2c(F)c(F)c(F)c(F)c2F)c(F)c(F)c1F.Fc1cc(-c2c(F)c(F)c(F)c(F)c2F)c(F)c(F)c1F.[O]=[Al]. The quantitative estimate of drug-likeness (QED) is 0.0747. The zero-order valence-corrected chi connectivity index (χ0v) is 31.0. The van der Waals surface area contributed by atoms with Crippen molar-refractivity contribution in [2.75, 3.05) is 0 Å². The van der Waals surface area contributed by atoms with Gasteiger partial charge in [0.15, 0.2) is 140 Å². The second kappa shape index (κ2) is 21.3. The van der Waals surface area contributed by atoms with Crippen LogP contribution in [-0.2, 0) is 3.80 Å². The Kier molecular flexibility index (Phi) is 18.0. The Bertz CT molecular complexity index is 2510. The third kappa shape index (κ3) is 9.78. The zero-order chi connectivity index (χ0) is 50.2. The summed E-state index contributed by atoms with van der Waals surface area (Å²) in [6.07, 6.45) is 0. The molecule has 0 heterocycles. The first-order chi connectivity index (χ1) is 30.0. The summed E-state index contributed by atoms with van der Waals surface area (Å²) in [5.74, 6) is -64.5. The van der Waals surface area contributed by atoms with E-state index in [0.29, 0.717) is 0 Å². The maximum atomic E-state index is 13.4. The van der Waals surface area contributed by atoms with Gasteiger partial charge in [-0.05, 0) is 18.2 Å². The summed E-state index contributed by atoms with van der Waals surface area (Å²) in [6.45, 7) is 0. The first-order valence-electron chi connectivity index (χ1n) is 15.3. The van der Waals surface area contributed by atoms with Crippen molar-refractivity contribution in [1.29, 1.82) is 0 Å². The van der Waals surface area contributed by atoms with Gasteiger partial charge in [-0.15, -0.1) is 0 Å². The molecule has 0 unspecified atom stereocenters. The fourth-order valence-electron chi connectivity index (χ4n) is 4.79. The molecule has 0 aliphatic carbocycles. The Morgan fingerprint density at radius 1 is 0.197 bits per heavy atom. The second-order valence-electron chi connectivity index (χ2n) is 11.4. The van der Waals surface area contributed by atoms with Crippen molar-refractivity contribution >= 4 is 16.2 Å². The van der Waals surface area contributed by atoms with Gasteiger partial charge < -0.3 is 0 Å². The van der Waals surface area contributed by atoms with Gasteiger partial charge >= 0.3 is 20.0 Å². The van der Waals surface area contributed by atoms with Crippen molar-refractivity contribution in [2.45, 2.75) is 0 Å². The van der Waals surface area contributed by atoms with Crippen molar-refractivity contribution in [3.63, 3.8) is 0 Å². The fourth-order valence-corrected chi connectivity index (χ4v) is 4.79. The summed E-state index contributed by atoms with van der Waals surface area (Å²) in [4.78, 5) is 0. The molecule has 6 aromatic carbocycles. The number of rotatable bonds is 3. The number of hydrogen-bond acceptors (Lipinski definition) is 1. The van der Waals surface area contributed by atoms with E-state index in [1.54, 1.807) is 0 Å². The summed E-state index contributed by atoms with van der Waals surface area (Å²) in [6, 6.07) is -0.649. The molecule has 0 fully saturated rings. The van der Waals surface area contributed by atoms with Gasteiger partial charge in [0.05, 0.1) is 16.7 Å². The van der Waals surface area contributed by atoms with Crippen molar-refractivity contribution < 1.29 is 127 Å². The van der Waals surface area contributed by atoms with Crippen LogP contribution in [0.4, 0.5) is 123 Å². The van der Waals surface area contributed by atoms with Crippen LogP contribution in [0.3, 0.4) is 0 Å². The predicted octanol–water partition coefficient (Wildman–Crippen LogP) is 13.5. The molecular formula is C36H4AlF28O. The molecule has 6 aromatic rings. The molecular weight excluding hydrogens is 1010 g/mol. The van der Waals surface area contributed by atoms with Gasteiger partial charge in [0.1, 0.15) is 0 Å². The average molecular weight is 1010 g/mol. The van der Waals surface area contributed by atoms with E-state index in [9.17, 15) is 119 Å².